The van der Waals surface area contributed by atoms with Crippen LogP contribution in [0.1, 0.15) is 30.9 Å². The van der Waals surface area contributed by atoms with Gasteiger partial charge in [-0.05, 0) is 61.6 Å². The summed E-state index contributed by atoms with van der Waals surface area (Å²) < 4.78 is 15.9. The summed E-state index contributed by atoms with van der Waals surface area (Å²) in [7, 11) is 4.88. The molecule has 1 atom stereocenters. The van der Waals surface area contributed by atoms with Gasteiger partial charge in [-0.15, -0.1) is 0 Å². The van der Waals surface area contributed by atoms with E-state index < -0.39 is 0 Å². The third kappa shape index (κ3) is 5.31. The average molecular weight is 395 g/mol. The van der Waals surface area contributed by atoms with Gasteiger partial charge < -0.3 is 19.1 Å². The van der Waals surface area contributed by atoms with Gasteiger partial charge in [0.15, 0.2) is 0 Å². The Morgan fingerprint density at radius 2 is 1.69 bits per heavy atom. The first kappa shape index (κ1) is 20.8. The SMILES string of the molecule is COc1ccc(CN(C(=O)/C=C/c2ccc(OC)cc2OC)C(C)C2CC2)cc1. The molecule has 1 amide bonds. The summed E-state index contributed by atoms with van der Waals surface area (Å²) >= 11 is 0. The summed E-state index contributed by atoms with van der Waals surface area (Å²) in [4.78, 5) is 15.0. The summed E-state index contributed by atoms with van der Waals surface area (Å²) in [5.41, 5.74) is 1.92. The number of hydrogen-bond acceptors (Lipinski definition) is 4. The first-order chi connectivity index (χ1) is 14.0. The van der Waals surface area contributed by atoms with Gasteiger partial charge in [0.2, 0.25) is 5.91 Å². The molecule has 154 valence electrons. The molecule has 5 heteroatoms. The number of rotatable bonds is 9. The maximum absolute atomic E-state index is 13.1. The van der Waals surface area contributed by atoms with Gasteiger partial charge in [-0.3, -0.25) is 4.79 Å². The Labute approximate surface area is 172 Å². The Hall–Kier alpha value is -2.95. The number of methoxy groups -OCH3 is 3. The van der Waals surface area contributed by atoms with Crippen LogP contribution in [0, 0.1) is 5.92 Å². The van der Waals surface area contributed by atoms with E-state index in [9.17, 15) is 4.79 Å². The molecule has 0 N–H and O–H groups in total. The smallest absolute Gasteiger partial charge is 0.247 e. The summed E-state index contributed by atoms with van der Waals surface area (Å²) in [6.07, 6.45) is 5.81. The second-order valence-electron chi connectivity index (χ2n) is 7.33. The van der Waals surface area contributed by atoms with Crippen LogP contribution in [0.3, 0.4) is 0 Å². The second kappa shape index (κ2) is 9.50. The van der Waals surface area contributed by atoms with Crippen LogP contribution >= 0.6 is 0 Å². The molecule has 0 aromatic heterocycles. The van der Waals surface area contributed by atoms with Gasteiger partial charge >= 0.3 is 0 Å². The molecule has 2 aromatic rings. The highest BCUT2D eigenvalue weighted by Crippen LogP contribution is 2.36. The Morgan fingerprint density at radius 3 is 2.28 bits per heavy atom. The van der Waals surface area contributed by atoms with Crippen molar-refractivity contribution in [2.75, 3.05) is 21.3 Å². The molecular weight excluding hydrogens is 366 g/mol. The minimum Gasteiger partial charge on any atom is -0.497 e. The monoisotopic (exact) mass is 395 g/mol. The van der Waals surface area contributed by atoms with E-state index in [4.69, 9.17) is 14.2 Å². The van der Waals surface area contributed by atoms with Crippen molar-refractivity contribution in [3.05, 3.63) is 59.7 Å². The highest BCUT2D eigenvalue weighted by atomic mass is 16.5. The van der Waals surface area contributed by atoms with Gasteiger partial charge in [-0.25, -0.2) is 0 Å². The van der Waals surface area contributed by atoms with Gasteiger partial charge in [-0.2, -0.15) is 0 Å². The van der Waals surface area contributed by atoms with Crippen molar-refractivity contribution in [3.63, 3.8) is 0 Å². The van der Waals surface area contributed by atoms with Crippen LogP contribution in [0.5, 0.6) is 17.2 Å². The molecule has 0 saturated heterocycles. The van der Waals surface area contributed by atoms with Crippen molar-refractivity contribution < 1.29 is 19.0 Å². The van der Waals surface area contributed by atoms with Crippen molar-refractivity contribution in [2.24, 2.45) is 5.92 Å². The first-order valence-corrected chi connectivity index (χ1v) is 9.89. The molecule has 3 rings (SSSR count). The van der Waals surface area contributed by atoms with Crippen LogP contribution in [0.15, 0.2) is 48.5 Å². The minimum atomic E-state index is -0.00177. The van der Waals surface area contributed by atoms with E-state index >= 15 is 0 Å². The summed E-state index contributed by atoms with van der Waals surface area (Å²) in [6.45, 7) is 2.71. The van der Waals surface area contributed by atoms with E-state index in [1.54, 1.807) is 33.5 Å². The number of carbonyl (C=O) groups is 1. The van der Waals surface area contributed by atoms with Crippen molar-refractivity contribution in [3.8, 4) is 17.2 Å². The van der Waals surface area contributed by atoms with E-state index in [0.29, 0.717) is 24.0 Å². The van der Waals surface area contributed by atoms with Crippen LogP contribution in [-0.4, -0.2) is 38.2 Å². The molecule has 0 bridgehead atoms. The average Bonchev–Trinajstić information content (AvgIpc) is 3.61. The zero-order chi connectivity index (χ0) is 20.8. The molecular formula is C24H29NO4. The Morgan fingerprint density at radius 1 is 1.03 bits per heavy atom. The van der Waals surface area contributed by atoms with E-state index in [0.717, 1.165) is 16.9 Å². The molecule has 1 unspecified atom stereocenters. The van der Waals surface area contributed by atoms with Gasteiger partial charge in [0.1, 0.15) is 17.2 Å². The third-order valence-corrected chi connectivity index (χ3v) is 5.44. The van der Waals surface area contributed by atoms with Gasteiger partial charge in [-0.1, -0.05) is 12.1 Å². The van der Waals surface area contributed by atoms with E-state index in [2.05, 4.69) is 6.92 Å². The molecule has 0 spiro atoms. The molecule has 1 saturated carbocycles. The molecule has 29 heavy (non-hydrogen) atoms. The normalized spacial score (nSPS) is 14.5. The Balaban J connectivity index is 1.78. The number of nitrogens with zero attached hydrogens (tertiary/aromatic N) is 1. The summed E-state index contributed by atoms with van der Waals surface area (Å²) in [5.74, 6) is 2.78. The van der Waals surface area contributed by atoms with Crippen LogP contribution in [0.2, 0.25) is 0 Å². The Bertz CT molecular complexity index is 856. The fourth-order valence-electron chi connectivity index (χ4n) is 3.40. The molecule has 0 heterocycles. The van der Waals surface area contributed by atoms with Gasteiger partial charge in [0.25, 0.3) is 0 Å². The molecule has 0 aliphatic heterocycles. The van der Waals surface area contributed by atoms with Crippen LogP contribution in [-0.2, 0) is 11.3 Å². The lowest BCUT2D eigenvalue weighted by Crippen LogP contribution is -2.38. The lowest BCUT2D eigenvalue weighted by molar-refractivity contribution is -0.129. The Kier molecular flexibility index (Phi) is 6.81. The molecule has 1 fully saturated rings. The minimum absolute atomic E-state index is 0.00177. The maximum Gasteiger partial charge on any atom is 0.247 e. The maximum atomic E-state index is 13.1. The standard InChI is InChI=1S/C24H29NO4/c1-17(19-7-8-19)25(16-18-5-11-21(27-2)12-6-18)24(26)14-10-20-9-13-22(28-3)15-23(20)29-4/h5-6,9-15,17,19H,7-8,16H2,1-4H3/b14-10+. The van der Waals surface area contributed by atoms with Crippen molar-refractivity contribution in [1.82, 2.24) is 4.90 Å². The second-order valence-corrected chi connectivity index (χ2v) is 7.33. The van der Waals surface area contributed by atoms with Crippen molar-refractivity contribution in [1.29, 1.82) is 0 Å². The lowest BCUT2D eigenvalue weighted by atomic mass is 10.1. The largest absolute Gasteiger partial charge is 0.497 e. The molecule has 1 aliphatic rings. The predicted molar refractivity (Wildman–Crippen MR) is 114 cm³/mol. The first-order valence-electron chi connectivity index (χ1n) is 9.89. The fraction of sp³-hybridized carbons (Fsp3) is 0.375. The fourth-order valence-corrected chi connectivity index (χ4v) is 3.40. The van der Waals surface area contributed by atoms with Crippen LogP contribution in [0.25, 0.3) is 6.08 Å². The topological polar surface area (TPSA) is 48.0 Å². The molecule has 5 nitrogen and oxygen atoms in total. The highest BCUT2D eigenvalue weighted by molar-refractivity contribution is 5.92. The van der Waals surface area contributed by atoms with Crippen molar-refractivity contribution >= 4 is 12.0 Å². The summed E-state index contributed by atoms with van der Waals surface area (Å²) in [5, 5.41) is 0. The van der Waals surface area contributed by atoms with E-state index in [1.165, 1.54) is 12.8 Å². The lowest BCUT2D eigenvalue weighted by Gasteiger charge is -2.28. The summed E-state index contributed by atoms with van der Waals surface area (Å²) in [6, 6.07) is 13.6. The number of amides is 1. The molecule has 0 radical (unpaired) electrons. The molecule has 1 aliphatic carbocycles. The number of benzene rings is 2. The number of carbonyl (C=O) groups excluding carboxylic acids is 1. The zero-order valence-corrected chi connectivity index (χ0v) is 17.6. The van der Waals surface area contributed by atoms with Crippen molar-refractivity contribution in [2.45, 2.75) is 32.4 Å². The van der Waals surface area contributed by atoms with Gasteiger partial charge in [0, 0.05) is 30.3 Å². The predicted octanol–water partition coefficient (Wildman–Crippen LogP) is 4.55. The third-order valence-electron chi connectivity index (χ3n) is 5.44. The van der Waals surface area contributed by atoms with E-state index in [1.807, 2.05) is 47.4 Å². The number of ether oxygens (including phenoxy) is 3. The van der Waals surface area contributed by atoms with Gasteiger partial charge in [0.05, 0.1) is 21.3 Å². The zero-order valence-electron chi connectivity index (χ0n) is 17.6. The highest BCUT2D eigenvalue weighted by Gasteiger charge is 2.33. The van der Waals surface area contributed by atoms with E-state index in [-0.39, 0.29) is 11.9 Å². The van der Waals surface area contributed by atoms with Crippen LogP contribution < -0.4 is 14.2 Å². The molecule has 2 aromatic carbocycles. The number of hydrogen-bond donors (Lipinski definition) is 0. The van der Waals surface area contributed by atoms with Crippen LogP contribution in [0.4, 0.5) is 0 Å². The quantitative estimate of drug-likeness (QED) is 0.584.